The minimum atomic E-state index is -0.829. The summed E-state index contributed by atoms with van der Waals surface area (Å²) in [6.45, 7) is 15.2. The molecule has 0 spiro atoms. The van der Waals surface area contributed by atoms with E-state index >= 15 is 0 Å². The smallest absolute Gasteiger partial charge is 0.256 e. The normalized spacial score (nSPS) is 13.1. The lowest BCUT2D eigenvalue weighted by Crippen LogP contribution is -2.47. The second kappa shape index (κ2) is 10.8. The summed E-state index contributed by atoms with van der Waals surface area (Å²) in [5.74, 6) is 1.49. The van der Waals surface area contributed by atoms with Crippen LogP contribution in [0.5, 0.6) is 5.75 Å². The van der Waals surface area contributed by atoms with Crippen LogP contribution in [0.2, 0.25) is 0 Å². The van der Waals surface area contributed by atoms with Gasteiger partial charge in [0.25, 0.3) is 5.91 Å². The summed E-state index contributed by atoms with van der Waals surface area (Å²) in [5, 5.41) is 5.18. The predicted molar refractivity (Wildman–Crippen MR) is 126 cm³/mol. The molecule has 1 N–H and O–H groups in total. The molecule has 0 aromatic heterocycles. The van der Waals surface area contributed by atoms with Crippen molar-refractivity contribution in [3.05, 3.63) is 36.4 Å². The van der Waals surface area contributed by atoms with Gasteiger partial charge in [-0.2, -0.15) is 0 Å². The molecular formula is C26H39NO3. The van der Waals surface area contributed by atoms with Crippen molar-refractivity contribution in [3.63, 3.8) is 0 Å². The first-order valence-electron chi connectivity index (χ1n) is 11.4. The molecule has 1 unspecified atom stereocenters. The van der Waals surface area contributed by atoms with Gasteiger partial charge in [0, 0.05) is 23.1 Å². The van der Waals surface area contributed by atoms with E-state index in [0.717, 1.165) is 28.6 Å². The molecule has 0 saturated carbocycles. The molecule has 4 nitrogen and oxygen atoms in total. The Balaban J connectivity index is 2.43. The second-order valence-electron chi connectivity index (χ2n) is 9.07. The van der Waals surface area contributed by atoms with Crippen LogP contribution in [-0.2, 0) is 9.53 Å². The van der Waals surface area contributed by atoms with Gasteiger partial charge in [-0.15, -0.1) is 0 Å². The van der Waals surface area contributed by atoms with Gasteiger partial charge in [0.15, 0.2) is 0 Å². The second-order valence-corrected chi connectivity index (χ2v) is 9.07. The molecule has 0 saturated heterocycles. The van der Waals surface area contributed by atoms with Crippen molar-refractivity contribution < 1.29 is 14.3 Å². The summed E-state index contributed by atoms with van der Waals surface area (Å²) in [5.41, 5.74) is -0.0342. The molecule has 2 aromatic rings. The fraction of sp³-hybridized carbons (Fsp3) is 0.577. The molecule has 166 valence electrons. The number of rotatable bonds is 11. The van der Waals surface area contributed by atoms with Gasteiger partial charge < -0.3 is 14.8 Å². The van der Waals surface area contributed by atoms with Crippen LogP contribution in [0.4, 0.5) is 5.69 Å². The molecule has 1 atom stereocenters. The zero-order valence-corrected chi connectivity index (χ0v) is 19.7. The van der Waals surface area contributed by atoms with Crippen molar-refractivity contribution in [2.45, 2.75) is 79.4 Å². The number of carbonyl (C=O) groups excluding carboxylic acids is 1. The molecule has 0 heterocycles. The average molecular weight is 414 g/mol. The Morgan fingerprint density at radius 3 is 2.07 bits per heavy atom. The van der Waals surface area contributed by atoms with Gasteiger partial charge in [0.05, 0.1) is 6.10 Å². The van der Waals surface area contributed by atoms with Crippen LogP contribution in [0.15, 0.2) is 36.4 Å². The van der Waals surface area contributed by atoms with Crippen molar-refractivity contribution in [2.75, 3.05) is 11.9 Å². The molecule has 1 amide bonds. The zero-order valence-electron chi connectivity index (χ0n) is 19.7. The Labute approximate surface area is 182 Å². The third-order valence-electron chi connectivity index (χ3n) is 5.35. The Morgan fingerprint density at radius 2 is 1.53 bits per heavy atom. The number of ether oxygens (including phenoxy) is 2. The van der Waals surface area contributed by atoms with E-state index in [1.165, 1.54) is 0 Å². The number of amides is 1. The summed E-state index contributed by atoms with van der Waals surface area (Å²) >= 11 is 0. The number of carbonyl (C=O) groups is 1. The molecule has 0 bridgehead atoms. The number of fused-ring (bicyclic) bond motifs is 1. The van der Waals surface area contributed by atoms with E-state index in [2.05, 4.69) is 46.9 Å². The van der Waals surface area contributed by atoms with Crippen molar-refractivity contribution in [3.8, 4) is 5.75 Å². The lowest BCUT2D eigenvalue weighted by Gasteiger charge is -2.35. The number of anilines is 1. The summed E-state index contributed by atoms with van der Waals surface area (Å²) in [4.78, 5) is 13.6. The third-order valence-corrected chi connectivity index (χ3v) is 5.35. The van der Waals surface area contributed by atoms with Crippen LogP contribution in [-0.4, -0.2) is 24.2 Å². The molecule has 0 aliphatic heterocycles. The highest BCUT2D eigenvalue weighted by Crippen LogP contribution is 2.35. The van der Waals surface area contributed by atoms with Gasteiger partial charge in [0.1, 0.15) is 11.4 Å². The van der Waals surface area contributed by atoms with E-state index in [1.807, 2.05) is 43.3 Å². The molecule has 0 aliphatic rings. The van der Waals surface area contributed by atoms with E-state index < -0.39 is 5.60 Å². The molecule has 0 fully saturated rings. The Morgan fingerprint density at radius 1 is 0.933 bits per heavy atom. The van der Waals surface area contributed by atoms with Crippen molar-refractivity contribution >= 4 is 22.4 Å². The summed E-state index contributed by atoms with van der Waals surface area (Å²) < 4.78 is 12.3. The number of hydrogen-bond acceptors (Lipinski definition) is 3. The molecule has 2 aromatic carbocycles. The Bertz CT molecular complexity index is 818. The maximum absolute atomic E-state index is 13.6. The average Bonchev–Trinajstić information content (AvgIpc) is 2.68. The van der Waals surface area contributed by atoms with Crippen LogP contribution in [0, 0.1) is 11.8 Å². The van der Waals surface area contributed by atoms with Crippen LogP contribution in [0.25, 0.3) is 10.8 Å². The maximum atomic E-state index is 13.6. The molecule has 0 radical (unpaired) electrons. The van der Waals surface area contributed by atoms with Crippen LogP contribution in [0.1, 0.15) is 67.7 Å². The molecule has 2 rings (SSSR count). The predicted octanol–water partition coefficient (Wildman–Crippen LogP) is 6.82. The summed E-state index contributed by atoms with van der Waals surface area (Å²) in [6, 6.07) is 12.0. The van der Waals surface area contributed by atoms with E-state index in [9.17, 15) is 4.79 Å². The van der Waals surface area contributed by atoms with Gasteiger partial charge in [-0.1, -0.05) is 58.9 Å². The monoisotopic (exact) mass is 413 g/mol. The molecule has 0 aliphatic carbocycles. The Kier molecular flexibility index (Phi) is 8.72. The number of hydrogen-bond donors (Lipinski definition) is 1. The number of benzene rings is 2. The van der Waals surface area contributed by atoms with Crippen molar-refractivity contribution in [2.24, 2.45) is 11.8 Å². The van der Waals surface area contributed by atoms with Gasteiger partial charge in [-0.25, -0.2) is 0 Å². The van der Waals surface area contributed by atoms with Gasteiger partial charge >= 0.3 is 0 Å². The topological polar surface area (TPSA) is 47.6 Å². The molecule has 4 heteroatoms. The van der Waals surface area contributed by atoms with Gasteiger partial charge in [-0.3, -0.25) is 4.79 Å². The first kappa shape index (κ1) is 24.2. The van der Waals surface area contributed by atoms with Gasteiger partial charge in [-0.05, 0) is 57.1 Å². The molecular weight excluding hydrogens is 374 g/mol. The lowest BCUT2D eigenvalue weighted by atomic mass is 9.83. The van der Waals surface area contributed by atoms with E-state index in [0.29, 0.717) is 31.3 Å². The number of nitrogens with one attached hydrogen (secondary N) is 1. The SMILES string of the molecule is CCOC(CC(C)C)(CC(C)C)C(=O)Nc1ccc(OC(C)CC)c2ccccc12. The minimum Gasteiger partial charge on any atom is -0.490 e. The van der Waals surface area contributed by atoms with Crippen molar-refractivity contribution in [1.82, 2.24) is 0 Å². The van der Waals surface area contributed by atoms with Crippen molar-refractivity contribution in [1.29, 1.82) is 0 Å². The van der Waals surface area contributed by atoms with E-state index in [-0.39, 0.29) is 12.0 Å². The van der Waals surface area contributed by atoms with Crippen LogP contribution in [0.3, 0.4) is 0 Å². The van der Waals surface area contributed by atoms with Gasteiger partial charge in [0.2, 0.25) is 0 Å². The highest BCUT2D eigenvalue weighted by molar-refractivity contribution is 6.06. The Hall–Kier alpha value is -2.07. The quantitative estimate of drug-likeness (QED) is 0.439. The zero-order chi connectivity index (χ0) is 22.3. The highest BCUT2D eigenvalue weighted by atomic mass is 16.5. The van der Waals surface area contributed by atoms with E-state index in [4.69, 9.17) is 9.47 Å². The highest BCUT2D eigenvalue weighted by Gasteiger charge is 2.40. The first-order valence-corrected chi connectivity index (χ1v) is 11.4. The minimum absolute atomic E-state index is 0.0625. The maximum Gasteiger partial charge on any atom is 0.256 e. The largest absolute Gasteiger partial charge is 0.490 e. The molecule has 30 heavy (non-hydrogen) atoms. The summed E-state index contributed by atoms with van der Waals surface area (Å²) in [6.07, 6.45) is 2.46. The lowest BCUT2D eigenvalue weighted by molar-refractivity contribution is -0.146. The van der Waals surface area contributed by atoms with Crippen LogP contribution < -0.4 is 10.1 Å². The fourth-order valence-electron chi connectivity index (χ4n) is 4.07. The first-order chi connectivity index (χ1) is 14.2. The van der Waals surface area contributed by atoms with Crippen LogP contribution >= 0.6 is 0 Å². The standard InChI is InChI=1S/C26H39NO3/c1-8-20(7)30-24-15-14-23(21-12-10-11-13-22(21)24)27-25(28)26(29-9-2,16-18(3)4)17-19(5)6/h10-15,18-20H,8-9,16-17H2,1-7H3,(H,27,28). The summed E-state index contributed by atoms with van der Waals surface area (Å²) in [7, 11) is 0. The third kappa shape index (κ3) is 5.98. The van der Waals surface area contributed by atoms with E-state index in [1.54, 1.807) is 0 Å². The fourth-order valence-corrected chi connectivity index (χ4v) is 4.07.